The number of nitro benzene ring substituents is 1. The number of nitro groups is 1. The van der Waals surface area contributed by atoms with Crippen LogP contribution >= 0.6 is 0 Å². The summed E-state index contributed by atoms with van der Waals surface area (Å²) < 4.78 is 0. The minimum absolute atomic E-state index is 0.0921. The average molecular weight is 279 g/mol. The van der Waals surface area contributed by atoms with Crippen LogP contribution in [0.2, 0.25) is 0 Å². The highest BCUT2D eigenvalue weighted by molar-refractivity contribution is 5.93. The molecule has 0 fully saturated rings. The van der Waals surface area contributed by atoms with Gasteiger partial charge in [0.05, 0.1) is 4.92 Å². The Morgan fingerprint density at radius 1 is 1.40 bits per heavy atom. The Morgan fingerprint density at radius 3 is 2.55 bits per heavy atom. The molecule has 1 amide bonds. The molecule has 0 spiro atoms. The van der Waals surface area contributed by atoms with E-state index in [9.17, 15) is 14.9 Å². The molecule has 0 saturated carbocycles. The lowest BCUT2D eigenvalue weighted by atomic mass is 10.1. The Hall–Kier alpha value is -1.95. The van der Waals surface area contributed by atoms with Gasteiger partial charge >= 0.3 is 0 Å². The number of anilines is 1. The van der Waals surface area contributed by atoms with Crippen molar-refractivity contribution in [3.63, 3.8) is 0 Å². The summed E-state index contributed by atoms with van der Waals surface area (Å²) in [5.74, 6) is -0.294. The van der Waals surface area contributed by atoms with Gasteiger partial charge in [-0.2, -0.15) is 0 Å². The van der Waals surface area contributed by atoms with Crippen LogP contribution in [0.5, 0.6) is 0 Å². The SMILES string of the molecule is CCCC(N)CC(=O)Nc1cc(C)c(C)cc1[N+](=O)[O-]. The molecule has 20 heavy (non-hydrogen) atoms. The molecule has 0 aromatic heterocycles. The Morgan fingerprint density at radius 2 is 2.00 bits per heavy atom. The Kier molecular flexibility index (Phi) is 5.64. The Balaban J connectivity index is 2.88. The van der Waals surface area contributed by atoms with Crippen molar-refractivity contribution in [2.24, 2.45) is 5.73 Å². The van der Waals surface area contributed by atoms with Crippen LogP contribution < -0.4 is 11.1 Å². The lowest BCUT2D eigenvalue weighted by molar-refractivity contribution is -0.384. The first-order chi connectivity index (χ1) is 9.35. The van der Waals surface area contributed by atoms with Crippen molar-refractivity contribution in [3.05, 3.63) is 33.4 Å². The third kappa shape index (κ3) is 4.31. The summed E-state index contributed by atoms with van der Waals surface area (Å²) in [5, 5.41) is 13.6. The smallest absolute Gasteiger partial charge is 0.293 e. The lowest BCUT2D eigenvalue weighted by Crippen LogP contribution is -2.27. The highest BCUT2D eigenvalue weighted by Gasteiger charge is 2.18. The van der Waals surface area contributed by atoms with E-state index in [1.165, 1.54) is 6.07 Å². The molecule has 0 aliphatic rings. The van der Waals surface area contributed by atoms with Crippen LogP contribution in [0.1, 0.15) is 37.3 Å². The van der Waals surface area contributed by atoms with Crippen LogP contribution in [0.25, 0.3) is 0 Å². The van der Waals surface area contributed by atoms with Crippen LogP contribution in [-0.2, 0) is 4.79 Å². The van der Waals surface area contributed by atoms with Gasteiger partial charge in [0, 0.05) is 18.5 Å². The first-order valence-electron chi connectivity index (χ1n) is 6.66. The molecule has 6 nitrogen and oxygen atoms in total. The molecule has 1 unspecified atom stereocenters. The zero-order valence-corrected chi connectivity index (χ0v) is 12.1. The first-order valence-corrected chi connectivity index (χ1v) is 6.66. The van der Waals surface area contributed by atoms with Crippen LogP contribution in [0.4, 0.5) is 11.4 Å². The quantitative estimate of drug-likeness (QED) is 0.617. The second-order valence-electron chi connectivity index (χ2n) is 5.01. The molecule has 1 aromatic carbocycles. The van der Waals surface area contributed by atoms with Crippen LogP contribution in [-0.4, -0.2) is 16.9 Å². The molecule has 0 aliphatic carbocycles. The molecule has 0 bridgehead atoms. The Labute approximate surface area is 118 Å². The van der Waals surface area contributed by atoms with Gasteiger partial charge in [-0.3, -0.25) is 14.9 Å². The summed E-state index contributed by atoms with van der Waals surface area (Å²) in [5.41, 5.74) is 7.64. The molecule has 1 aromatic rings. The standard InChI is InChI=1S/C14H21N3O3/c1-4-5-11(15)8-14(18)16-12-6-9(2)10(3)7-13(12)17(19)20/h6-7,11H,4-5,8,15H2,1-3H3,(H,16,18). The highest BCUT2D eigenvalue weighted by Crippen LogP contribution is 2.28. The molecule has 0 heterocycles. The fourth-order valence-electron chi connectivity index (χ4n) is 1.96. The van der Waals surface area contributed by atoms with Crippen molar-refractivity contribution in [2.75, 3.05) is 5.32 Å². The Bertz CT molecular complexity index is 515. The number of nitrogens with two attached hydrogens (primary N) is 1. The molecule has 0 aliphatic heterocycles. The monoisotopic (exact) mass is 279 g/mol. The summed E-state index contributed by atoms with van der Waals surface area (Å²) in [4.78, 5) is 22.4. The van der Waals surface area contributed by atoms with E-state index >= 15 is 0 Å². The lowest BCUT2D eigenvalue weighted by Gasteiger charge is -2.12. The van der Waals surface area contributed by atoms with E-state index in [-0.39, 0.29) is 29.7 Å². The van der Waals surface area contributed by atoms with Crippen molar-refractivity contribution in [2.45, 2.75) is 46.1 Å². The highest BCUT2D eigenvalue weighted by atomic mass is 16.6. The number of carbonyl (C=O) groups is 1. The summed E-state index contributed by atoms with van der Waals surface area (Å²) in [6.45, 7) is 5.63. The average Bonchev–Trinajstić information content (AvgIpc) is 2.33. The van der Waals surface area contributed by atoms with Crippen molar-refractivity contribution in [1.82, 2.24) is 0 Å². The van der Waals surface area contributed by atoms with Crippen molar-refractivity contribution in [3.8, 4) is 0 Å². The molecule has 0 saturated heterocycles. The van der Waals surface area contributed by atoms with E-state index in [0.717, 1.165) is 24.0 Å². The summed E-state index contributed by atoms with van der Waals surface area (Å²) in [6, 6.07) is 2.87. The van der Waals surface area contributed by atoms with Gasteiger partial charge in [0.25, 0.3) is 5.69 Å². The molecule has 6 heteroatoms. The zero-order valence-electron chi connectivity index (χ0n) is 12.1. The van der Waals surface area contributed by atoms with Gasteiger partial charge in [-0.25, -0.2) is 0 Å². The van der Waals surface area contributed by atoms with Crippen LogP contribution in [0, 0.1) is 24.0 Å². The maximum atomic E-state index is 11.9. The molecular formula is C14H21N3O3. The van der Waals surface area contributed by atoms with Gasteiger partial charge in [0.15, 0.2) is 0 Å². The van der Waals surface area contributed by atoms with E-state index in [0.29, 0.717) is 0 Å². The van der Waals surface area contributed by atoms with Gasteiger partial charge in [-0.05, 0) is 37.5 Å². The second kappa shape index (κ2) is 7.00. The van der Waals surface area contributed by atoms with Crippen molar-refractivity contribution >= 4 is 17.3 Å². The number of hydrogen-bond donors (Lipinski definition) is 2. The number of benzene rings is 1. The summed E-state index contributed by atoms with van der Waals surface area (Å²) in [7, 11) is 0. The van der Waals surface area contributed by atoms with E-state index in [4.69, 9.17) is 5.73 Å². The van der Waals surface area contributed by atoms with Crippen molar-refractivity contribution < 1.29 is 9.72 Å². The number of rotatable bonds is 6. The predicted molar refractivity (Wildman–Crippen MR) is 78.7 cm³/mol. The largest absolute Gasteiger partial charge is 0.327 e. The molecular weight excluding hydrogens is 258 g/mol. The third-order valence-electron chi connectivity index (χ3n) is 3.19. The maximum Gasteiger partial charge on any atom is 0.293 e. The van der Waals surface area contributed by atoms with E-state index in [1.807, 2.05) is 13.8 Å². The predicted octanol–water partition coefficient (Wildman–Crippen LogP) is 2.67. The number of hydrogen-bond acceptors (Lipinski definition) is 4. The maximum absolute atomic E-state index is 11.9. The number of aryl methyl sites for hydroxylation is 2. The first kappa shape index (κ1) is 16.1. The topological polar surface area (TPSA) is 98.3 Å². The number of nitrogens with zero attached hydrogens (tertiary/aromatic N) is 1. The van der Waals surface area contributed by atoms with E-state index < -0.39 is 4.92 Å². The van der Waals surface area contributed by atoms with Gasteiger partial charge in [-0.1, -0.05) is 13.3 Å². The summed E-state index contributed by atoms with van der Waals surface area (Å²) in [6.07, 6.45) is 1.82. The fraction of sp³-hybridized carbons (Fsp3) is 0.500. The normalized spacial score (nSPS) is 12.0. The minimum Gasteiger partial charge on any atom is -0.327 e. The number of carbonyl (C=O) groups excluding carboxylic acids is 1. The van der Waals surface area contributed by atoms with Crippen LogP contribution in [0.3, 0.4) is 0 Å². The number of amides is 1. The molecule has 0 radical (unpaired) electrons. The van der Waals surface area contributed by atoms with E-state index in [1.54, 1.807) is 13.0 Å². The minimum atomic E-state index is -0.492. The van der Waals surface area contributed by atoms with Gasteiger partial charge < -0.3 is 11.1 Å². The van der Waals surface area contributed by atoms with Gasteiger partial charge in [0.1, 0.15) is 5.69 Å². The number of nitrogens with one attached hydrogen (secondary N) is 1. The molecule has 110 valence electrons. The van der Waals surface area contributed by atoms with Gasteiger partial charge in [0.2, 0.25) is 5.91 Å². The van der Waals surface area contributed by atoms with Crippen LogP contribution in [0.15, 0.2) is 12.1 Å². The molecule has 3 N–H and O–H groups in total. The summed E-state index contributed by atoms with van der Waals surface area (Å²) >= 11 is 0. The fourth-order valence-corrected chi connectivity index (χ4v) is 1.96. The zero-order chi connectivity index (χ0) is 15.3. The molecule has 1 rings (SSSR count). The second-order valence-corrected chi connectivity index (χ2v) is 5.01. The molecule has 1 atom stereocenters. The van der Waals surface area contributed by atoms with Gasteiger partial charge in [-0.15, -0.1) is 0 Å². The third-order valence-corrected chi connectivity index (χ3v) is 3.19. The van der Waals surface area contributed by atoms with E-state index in [2.05, 4.69) is 5.32 Å². The van der Waals surface area contributed by atoms with Crippen molar-refractivity contribution in [1.29, 1.82) is 0 Å².